The van der Waals surface area contributed by atoms with Gasteiger partial charge in [-0.3, -0.25) is 9.69 Å². The largest absolute Gasteiger partial charge is 0.437 e. The van der Waals surface area contributed by atoms with Crippen LogP contribution in [-0.4, -0.2) is 52.7 Å². The molecular formula is C20H18BrF3N2O3. The van der Waals surface area contributed by atoms with Crippen molar-refractivity contribution in [3.8, 4) is 0 Å². The number of amides is 2. The molecule has 0 saturated carbocycles. The molecule has 3 atom stereocenters. The van der Waals surface area contributed by atoms with Crippen LogP contribution in [0.15, 0.2) is 59.1 Å². The van der Waals surface area contributed by atoms with Crippen molar-refractivity contribution in [2.24, 2.45) is 5.92 Å². The van der Waals surface area contributed by atoms with Crippen molar-refractivity contribution in [1.29, 1.82) is 0 Å². The standard InChI is InChI=1S/C20H18BrF3N2O3/c1-25-16(12-8-10-14(21)11-9-12)15(17(27)13-6-4-3-5-7-13)19(29,20(22,23)24)26(2)18(25)28/h3-11,15-16,29H,1-2H3. The zero-order chi connectivity index (χ0) is 21.6. The summed E-state index contributed by atoms with van der Waals surface area (Å²) in [6.45, 7) is 0. The molecule has 1 aliphatic rings. The van der Waals surface area contributed by atoms with E-state index in [1.54, 1.807) is 18.2 Å². The van der Waals surface area contributed by atoms with Crippen LogP contribution in [-0.2, 0) is 0 Å². The Labute approximate surface area is 173 Å². The van der Waals surface area contributed by atoms with Gasteiger partial charge >= 0.3 is 12.2 Å². The fourth-order valence-electron chi connectivity index (χ4n) is 3.70. The number of halogens is 4. The normalized spacial score (nSPS) is 25.3. The van der Waals surface area contributed by atoms with Gasteiger partial charge in [0, 0.05) is 24.1 Å². The molecule has 0 spiro atoms. The van der Waals surface area contributed by atoms with E-state index in [9.17, 15) is 27.9 Å². The summed E-state index contributed by atoms with van der Waals surface area (Å²) in [5.74, 6) is -2.91. The highest BCUT2D eigenvalue weighted by atomic mass is 79.9. The number of carbonyl (C=O) groups excluding carboxylic acids is 2. The minimum absolute atomic E-state index is 0.0124. The molecule has 2 aromatic carbocycles. The summed E-state index contributed by atoms with van der Waals surface area (Å²) in [6.07, 6.45) is -5.26. The molecule has 1 heterocycles. The van der Waals surface area contributed by atoms with Gasteiger partial charge < -0.3 is 10.0 Å². The van der Waals surface area contributed by atoms with Crippen LogP contribution in [0.4, 0.5) is 18.0 Å². The predicted octanol–water partition coefficient (Wildman–Crippen LogP) is 4.24. The van der Waals surface area contributed by atoms with Crippen LogP contribution in [0.25, 0.3) is 0 Å². The second-order valence-electron chi connectivity index (χ2n) is 6.88. The number of alkyl halides is 3. The average Bonchev–Trinajstić information content (AvgIpc) is 2.69. The number of aliphatic hydroxyl groups is 1. The van der Waals surface area contributed by atoms with Crippen LogP contribution >= 0.6 is 15.9 Å². The fourth-order valence-corrected chi connectivity index (χ4v) is 3.97. The molecule has 5 nitrogen and oxygen atoms in total. The monoisotopic (exact) mass is 470 g/mol. The zero-order valence-electron chi connectivity index (χ0n) is 15.5. The van der Waals surface area contributed by atoms with E-state index >= 15 is 0 Å². The maximum Gasteiger partial charge on any atom is 0.437 e. The molecule has 3 unspecified atom stereocenters. The lowest BCUT2D eigenvalue weighted by atomic mass is 9.76. The first-order chi connectivity index (χ1) is 13.5. The lowest BCUT2D eigenvalue weighted by molar-refractivity contribution is -0.328. The smallest absolute Gasteiger partial charge is 0.363 e. The van der Waals surface area contributed by atoms with Gasteiger partial charge in [0.15, 0.2) is 5.78 Å². The number of rotatable bonds is 3. The summed E-state index contributed by atoms with van der Waals surface area (Å²) in [6, 6.07) is 11.3. The number of hydrogen-bond donors (Lipinski definition) is 1. The average molecular weight is 471 g/mol. The summed E-state index contributed by atoms with van der Waals surface area (Å²) in [4.78, 5) is 27.1. The Morgan fingerprint density at radius 2 is 1.62 bits per heavy atom. The van der Waals surface area contributed by atoms with E-state index in [1.165, 1.54) is 43.4 Å². The highest BCUT2D eigenvalue weighted by Crippen LogP contribution is 2.50. The lowest BCUT2D eigenvalue weighted by Crippen LogP contribution is -2.73. The quantitative estimate of drug-likeness (QED) is 0.682. The third-order valence-electron chi connectivity index (χ3n) is 5.24. The van der Waals surface area contributed by atoms with E-state index in [-0.39, 0.29) is 10.5 Å². The van der Waals surface area contributed by atoms with E-state index in [4.69, 9.17) is 0 Å². The summed E-state index contributed by atoms with van der Waals surface area (Å²) >= 11 is 3.26. The molecule has 2 amide bonds. The van der Waals surface area contributed by atoms with Gasteiger partial charge in [-0.2, -0.15) is 13.2 Å². The Morgan fingerprint density at radius 3 is 2.14 bits per heavy atom. The summed E-state index contributed by atoms with van der Waals surface area (Å²) in [5.41, 5.74) is -3.37. The lowest BCUT2D eigenvalue weighted by Gasteiger charge is -2.53. The van der Waals surface area contributed by atoms with Gasteiger partial charge in [0.1, 0.15) is 5.92 Å². The van der Waals surface area contributed by atoms with Crippen molar-refractivity contribution in [3.05, 3.63) is 70.2 Å². The van der Waals surface area contributed by atoms with E-state index in [1.807, 2.05) is 0 Å². The van der Waals surface area contributed by atoms with Crippen molar-refractivity contribution in [1.82, 2.24) is 9.80 Å². The molecule has 0 aromatic heterocycles. The molecule has 1 fully saturated rings. The van der Waals surface area contributed by atoms with Crippen LogP contribution in [0.3, 0.4) is 0 Å². The third kappa shape index (κ3) is 3.42. The fraction of sp³-hybridized carbons (Fsp3) is 0.300. The van der Waals surface area contributed by atoms with Gasteiger partial charge in [-0.1, -0.05) is 58.4 Å². The maximum absolute atomic E-state index is 14.1. The number of nitrogens with zero attached hydrogens (tertiary/aromatic N) is 2. The third-order valence-corrected chi connectivity index (χ3v) is 5.76. The molecule has 0 aliphatic carbocycles. The highest BCUT2D eigenvalue weighted by Gasteiger charge is 2.70. The molecule has 0 bridgehead atoms. The second kappa shape index (κ2) is 7.46. The molecule has 1 aliphatic heterocycles. The minimum Gasteiger partial charge on any atom is -0.363 e. The summed E-state index contributed by atoms with van der Waals surface area (Å²) in [5, 5.41) is 10.9. The van der Waals surface area contributed by atoms with Gasteiger partial charge in [-0.05, 0) is 17.7 Å². The SMILES string of the molecule is CN1C(=O)N(C)C(O)(C(F)(F)F)C(C(=O)c2ccccc2)C1c1ccc(Br)cc1. The molecule has 29 heavy (non-hydrogen) atoms. The Morgan fingerprint density at radius 1 is 1.07 bits per heavy atom. The molecular weight excluding hydrogens is 453 g/mol. The summed E-state index contributed by atoms with van der Waals surface area (Å²) in [7, 11) is 2.15. The molecule has 1 N–H and O–H groups in total. The van der Waals surface area contributed by atoms with Crippen LogP contribution < -0.4 is 0 Å². The Balaban J connectivity index is 2.26. The number of benzene rings is 2. The van der Waals surface area contributed by atoms with E-state index in [0.29, 0.717) is 10.0 Å². The van der Waals surface area contributed by atoms with Crippen molar-refractivity contribution < 1.29 is 27.9 Å². The first-order valence-electron chi connectivity index (χ1n) is 8.64. The first kappa shape index (κ1) is 21.3. The number of Topliss-reactive ketones (excluding diaryl/α,β-unsaturated/α-hetero) is 1. The maximum atomic E-state index is 14.1. The number of hydrogen-bond acceptors (Lipinski definition) is 3. The second-order valence-corrected chi connectivity index (χ2v) is 7.80. The van der Waals surface area contributed by atoms with Gasteiger partial charge in [0.2, 0.25) is 0 Å². The molecule has 3 rings (SSSR count). The number of carbonyl (C=O) groups is 2. The van der Waals surface area contributed by atoms with Gasteiger partial charge in [0.05, 0.1) is 6.04 Å². The number of urea groups is 1. The molecule has 154 valence electrons. The molecule has 1 saturated heterocycles. The van der Waals surface area contributed by atoms with Gasteiger partial charge in [0.25, 0.3) is 5.72 Å². The van der Waals surface area contributed by atoms with Crippen LogP contribution in [0.5, 0.6) is 0 Å². The highest BCUT2D eigenvalue weighted by molar-refractivity contribution is 9.10. The summed E-state index contributed by atoms with van der Waals surface area (Å²) < 4.78 is 43.1. The zero-order valence-corrected chi connectivity index (χ0v) is 17.1. The van der Waals surface area contributed by atoms with Crippen LogP contribution in [0.2, 0.25) is 0 Å². The molecule has 2 aromatic rings. The minimum atomic E-state index is -5.26. The van der Waals surface area contributed by atoms with E-state index in [0.717, 1.165) is 11.9 Å². The van der Waals surface area contributed by atoms with E-state index < -0.39 is 35.7 Å². The van der Waals surface area contributed by atoms with Crippen molar-refractivity contribution in [3.63, 3.8) is 0 Å². The number of ketones is 1. The Kier molecular flexibility index (Phi) is 5.48. The van der Waals surface area contributed by atoms with E-state index in [2.05, 4.69) is 15.9 Å². The van der Waals surface area contributed by atoms with Crippen LogP contribution in [0, 0.1) is 5.92 Å². The van der Waals surface area contributed by atoms with Crippen molar-refractivity contribution in [2.75, 3.05) is 14.1 Å². The topological polar surface area (TPSA) is 60.9 Å². The Bertz CT molecular complexity index is 921. The van der Waals surface area contributed by atoms with Crippen molar-refractivity contribution >= 4 is 27.7 Å². The van der Waals surface area contributed by atoms with Crippen LogP contribution in [0.1, 0.15) is 22.0 Å². The van der Waals surface area contributed by atoms with Gasteiger partial charge in [-0.15, -0.1) is 0 Å². The first-order valence-corrected chi connectivity index (χ1v) is 9.44. The molecule has 0 radical (unpaired) electrons. The van der Waals surface area contributed by atoms with Gasteiger partial charge in [-0.25, -0.2) is 4.79 Å². The Hall–Kier alpha value is -2.39. The predicted molar refractivity (Wildman–Crippen MR) is 103 cm³/mol. The van der Waals surface area contributed by atoms with Crippen molar-refractivity contribution in [2.45, 2.75) is 17.9 Å². The molecule has 9 heteroatoms.